The van der Waals surface area contributed by atoms with Gasteiger partial charge in [-0.2, -0.15) is 5.10 Å². The van der Waals surface area contributed by atoms with Crippen LogP contribution in [0.2, 0.25) is 0 Å². The predicted molar refractivity (Wildman–Crippen MR) is 169 cm³/mol. The maximum absolute atomic E-state index is 13.5. The third kappa shape index (κ3) is 6.28. The Kier molecular flexibility index (Phi) is 8.31. The zero-order chi connectivity index (χ0) is 30.9. The number of anilines is 1. The molecule has 2 N–H and O–H groups in total. The second kappa shape index (κ2) is 12.0. The number of nitrogen functional groups attached to an aromatic ring is 1. The van der Waals surface area contributed by atoms with Crippen LogP contribution in [0.4, 0.5) is 5.69 Å². The van der Waals surface area contributed by atoms with Gasteiger partial charge in [0.2, 0.25) is 0 Å². The lowest BCUT2D eigenvalue weighted by Crippen LogP contribution is -2.29. The van der Waals surface area contributed by atoms with Gasteiger partial charge >= 0.3 is 0 Å². The number of aromatic nitrogens is 2. The number of ether oxygens (including phenoxy) is 2. The highest BCUT2D eigenvalue weighted by molar-refractivity contribution is 6.00. The molecule has 224 valence electrons. The van der Waals surface area contributed by atoms with Crippen molar-refractivity contribution in [2.45, 2.75) is 46.5 Å². The summed E-state index contributed by atoms with van der Waals surface area (Å²) >= 11 is 0. The smallest absolute Gasteiger partial charge is 0.253 e. The lowest BCUT2D eigenvalue weighted by molar-refractivity contribution is 0.0796. The molecule has 3 aromatic carbocycles. The van der Waals surface area contributed by atoms with E-state index in [0.29, 0.717) is 65.5 Å². The Hall–Kier alpha value is -4.59. The highest BCUT2D eigenvalue weighted by Gasteiger charge is 2.37. The van der Waals surface area contributed by atoms with Crippen molar-refractivity contribution < 1.29 is 19.1 Å². The van der Waals surface area contributed by atoms with Crippen molar-refractivity contribution in [1.82, 2.24) is 14.7 Å². The number of rotatable bonds is 9. The van der Waals surface area contributed by atoms with Crippen LogP contribution in [0.25, 0.3) is 5.69 Å². The maximum Gasteiger partial charge on any atom is 0.253 e. The van der Waals surface area contributed by atoms with Gasteiger partial charge in [0.05, 0.1) is 42.5 Å². The van der Waals surface area contributed by atoms with Crippen molar-refractivity contribution in [2.24, 2.45) is 5.41 Å². The minimum absolute atomic E-state index is 0.0774. The van der Waals surface area contributed by atoms with Crippen molar-refractivity contribution in [3.63, 3.8) is 0 Å². The molecule has 1 aliphatic carbocycles. The van der Waals surface area contributed by atoms with Gasteiger partial charge in [0, 0.05) is 32.0 Å². The molecule has 4 aromatic rings. The minimum Gasteiger partial charge on any atom is -0.493 e. The Bertz CT molecular complexity index is 1670. The normalized spacial score (nSPS) is 13.9. The highest BCUT2D eigenvalue weighted by atomic mass is 16.5. The number of fused-ring (bicyclic) bond motifs is 1. The SMILES string of the molecule is COc1ccc(Cc2nn(-c3ccc(C(=O)N(C)CCc4ccc(C)cc4)cc3N)c3c2C(=O)CC(C)(C)C3)cc1OC. The van der Waals surface area contributed by atoms with Gasteiger partial charge in [-0.05, 0) is 66.6 Å². The molecule has 0 atom stereocenters. The van der Waals surface area contributed by atoms with Crippen molar-refractivity contribution in [3.8, 4) is 17.2 Å². The van der Waals surface area contributed by atoms with E-state index in [0.717, 1.165) is 17.7 Å². The van der Waals surface area contributed by atoms with Crippen molar-refractivity contribution in [3.05, 3.63) is 99.9 Å². The number of hydrogen-bond donors (Lipinski definition) is 1. The largest absolute Gasteiger partial charge is 0.493 e. The van der Waals surface area contributed by atoms with E-state index < -0.39 is 0 Å². The number of nitrogens with zero attached hydrogens (tertiary/aromatic N) is 3. The predicted octanol–water partition coefficient (Wildman–Crippen LogP) is 5.84. The Morgan fingerprint density at radius 3 is 2.35 bits per heavy atom. The van der Waals surface area contributed by atoms with Crippen molar-refractivity contribution >= 4 is 17.4 Å². The van der Waals surface area contributed by atoms with Gasteiger partial charge in [0.25, 0.3) is 5.91 Å². The number of benzene rings is 3. The Morgan fingerprint density at radius 1 is 0.977 bits per heavy atom. The van der Waals surface area contributed by atoms with Crippen LogP contribution < -0.4 is 15.2 Å². The number of nitrogens with two attached hydrogens (primary N) is 1. The molecule has 0 aliphatic heterocycles. The van der Waals surface area contributed by atoms with Crippen LogP contribution >= 0.6 is 0 Å². The van der Waals surface area contributed by atoms with Crippen molar-refractivity contribution in [2.75, 3.05) is 33.5 Å². The van der Waals surface area contributed by atoms with E-state index in [1.165, 1.54) is 11.1 Å². The molecule has 0 saturated carbocycles. The molecule has 1 aliphatic rings. The van der Waals surface area contributed by atoms with Crippen LogP contribution in [0.5, 0.6) is 11.5 Å². The van der Waals surface area contributed by atoms with Crippen LogP contribution in [0, 0.1) is 12.3 Å². The first-order valence-electron chi connectivity index (χ1n) is 14.6. The standard InChI is InChI=1S/C35H40N4O4/c1-22-7-9-23(10-8-22)15-16-38(4)34(41)25-12-13-28(26(36)19-25)39-29-20-35(2,3)21-30(40)33(29)27(37-39)17-24-11-14-31(42-5)32(18-24)43-6/h7-14,18-19H,15-17,20-21,36H2,1-6H3. The first kappa shape index (κ1) is 29.9. The Labute approximate surface area is 253 Å². The first-order chi connectivity index (χ1) is 20.5. The molecular formula is C35H40N4O4. The maximum atomic E-state index is 13.5. The summed E-state index contributed by atoms with van der Waals surface area (Å²) in [6, 6.07) is 19.4. The Morgan fingerprint density at radius 2 is 1.67 bits per heavy atom. The molecule has 1 amide bonds. The lowest BCUT2D eigenvalue weighted by atomic mass is 9.75. The number of carbonyl (C=O) groups excluding carboxylic acids is 2. The van der Waals surface area contributed by atoms with Crippen LogP contribution in [0.15, 0.2) is 60.7 Å². The average molecular weight is 581 g/mol. The summed E-state index contributed by atoms with van der Waals surface area (Å²) in [5.74, 6) is 1.24. The average Bonchev–Trinajstić information content (AvgIpc) is 3.32. The van der Waals surface area contributed by atoms with Gasteiger partial charge in [0.15, 0.2) is 17.3 Å². The number of likely N-dealkylation sites (N-methyl/N-ethyl adjacent to an activating group) is 1. The van der Waals surface area contributed by atoms with Gasteiger partial charge in [0.1, 0.15) is 0 Å². The van der Waals surface area contributed by atoms with Gasteiger partial charge < -0.3 is 20.1 Å². The minimum atomic E-state index is -0.215. The van der Waals surface area contributed by atoms with E-state index in [1.807, 2.05) is 24.3 Å². The molecule has 1 heterocycles. The summed E-state index contributed by atoms with van der Waals surface area (Å²) in [7, 11) is 5.00. The summed E-state index contributed by atoms with van der Waals surface area (Å²) in [6.07, 6.45) is 2.34. The fourth-order valence-electron chi connectivity index (χ4n) is 5.79. The van der Waals surface area contributed by atoms with E-state index in [1.54, 1.807) is 43.0 Å². The van der Waals surface area contributed by atoms with Crippen LogP contribution in [-0.4, -0.2) is 54.2 Å². The molecule has 0 spiro atoms. The highest BCUT2D eigenvalue weighted by Crippen LogP contribution is 2.39. The molecule has 0 radical (unpaired) electrons. The molecule has 8 heteroatoms. The summed E-state index contributed by atoms with van der Waals surface area (Å²) in [5.41, 5.74) is 13.5. The van der Waals surface area contributed by atoms with Crippen molar-refractivity contribution in [1.29, 1.82) is 0 Å². The quantitative estimate of drug-likeness (QED) is 0.250. The molecule has 8 nitrogen and oxygen atoms in total. The zero-order valence-electron chi connectivity index (χ0n) is 25.9. The summed E-state index contributed by atoms with van der Waals surface area (Å²) in [6.45, 7) is 6.84. The molecule has 1 aromatic heterocycles. The third-order valence-electron chi connectivity index (χ3n) is 8.14. The Balaban J connectivity index is 1.44. The van der Waals surface area contributed by atoms with Gasteiger partial charge in [-0.3, -0.25) is 9.59 Å². The first-order valence-corrected chi connectivity index (χ1v) is 14.6. The topological polar surface area (TPSA) is 99.7 Å². The van der Waals surface area contributed by atoms with E-state index in [-0.39, 0.29) is 17.1 Å². The number of methoxy groups -OCH3 is 2. The third-order valence-corrected chi connectivity index (χ3v) is 8.14. The molecule has 0 unspecified atom stereocenters. The second-order valence-electron chi connectivity index (χ2n) is 12.2. The summed E-state index contributed by atoms with van der Waals surface area (Å²) in [4.78, 5) is 28.5. The molecule has 0 saturated heterocycles. The van der Waals surface area contributed by atoms with Gasteiger partial charge in [-0.25, -0.2) is 4.68 Å². The number of ketones is 1. The molecule has 0 bridgehead atoms. The molecule has 5 rings (SSSR count). The number of hydrogen-bond acceptors (Lipinski definition) is 6. The monoisotopic (exact) mass is 580 g/mol. The number of carbonyl (C=O) groups is 2. The van der Waals surface area contributed by atoms with Gasteiger partial charge in [-0.1, -0.05) is 49.7 Å². The van der Waals surface area contributed by atoms with Crippen LogP contribution in [0.3, 0.4) is 0 Å². The molecular weight excluding hydrogens is 540 g/mol. The van der Waals surface area contributed by atoms with E-state index >= 15 is 0 Å². The zero-order valence-corrected chi connectivity index (χ0v) is 25.9. The molecule has 0 fully saturated rings. The van der Waals surface area contributed by atoms with Crippen LogP contribution in [-0.2, 0) is 19.3 Å². The summed E-state index contributed by atoms with van der Waals surface area (Å²) in [5, 5.41) is 4.96. The number of Topliss-reactive ketones (excluding diaryl/α,β-unsaturated/α-hetero) is 1. The fraction of sp³-hybridized carbons (Fsp3) is 0.343. The van der Waals surface area contributed by atoms with Crippen LogP contribution in [0.1, 0.15) is 69.1 Å². The van der Waals surface area contributed by atoms with E-state index in [2.05, 4.69) is 45.0 Å². The number of aryl methyl sites for hydroxylation is 1. The fourth-order valence-corrected chi connectivity index (χ4v) is 5.79. The summed E-state index contributed by atoms with van der Waals surface area (Å²) < 4.78 is 12.7. The molecule has 43 heavy (non-hydrogen) atoms. The van der Waals surface area contributed by atoms with Gasteiger partial charge in [-0.15, -0.1) is 0 Å². The van der Waals surface area contributed by atoms with E-state index in [9.17, 15) is 9.59 Å². The second-order valence-corrected chi connectivity index (χ2v) is 12.2. The van der Waals surface area contributed by atoms with E-state index in [4.69, 9.17) is 20.3 Å². The number of amides is 1. The lowest BCUT2D eigenvalue weighted by Gasteiger charge is -2.29.